The van der Waals surface area contributed by atoms with Gasteiger partial charge in [-0.05, 0) is 44.4 Å². The second-order valence-corrected chi connectivity index (χ2v) is 15.3. The standard InChI is InChI=1S/C33H56O20/c34-8-18-21(38)24(41)27(44)31(51-18)47-10-20-23(40)26(43)29(46)33(53-20)50-17-7-14-15(48-30(17)11-1-3-12(36)4-2-11)5-13(37)6-16(14)49-32-28(45)25(42)22(39)19(9-35)52-32/h11-46H,1-10H2/t11?,12?,13?,14?,15?,16?,17?,18-,19-,20-,21-,22-,23-,24+,25+,26+,27-,28-,29-,30?,31-,32-,33-/m0/s1. The summed E-state index contributed by atoms with van der Waals surface area (Å²) in [7, 11) is 0. The fraction of sp³-hybridized carbons (Fsp3) is 1.00. The third-order valence-corrected chi connectivity index (χ3v) is 11.8. The molecule has 53 heavy (non-hydrogen) atoms. The van der Waals surface area contributed by atoms with Gasteiger partial charge in [0.15, 0.2) is 18.9 Å². The summed E-state index contributed by atoms with van der Waals surface area (Å²) in [6.45, 7) is -1.93. The smallest absolute Gasteiger partial charge is 0.187 e. The van der Waals surface area contributed by atoms with E-state index in [9.17, 15) is 66.4 Å². The van der Waals surface area contributed by atoms with Gasteiger partial charge >= 0.3 is 0 Å². The monoisotopic (exact) mass is 772 g/mol. The van der Waals surface area contributed by atoms with Gasteiger partial charge in [0.05, 0.1) is 56.4 Å². The molecule has 21 atom stereocenters. The Morgan fingerprint density at radius 1 is 0.453 bits per heavy atom. The fourth-order valence-corrected chi connectivity index (χ4v) is 8.59. The van der Waals surface area contributed by atoms with Crippen LogP contribution in [0.15, 0.2) is 0 Å². The normalized spacial score (nSPS) is 53.9. The molecule has 0 aromatic heterocycles. The van der Waals surface area contributed by atoms with Crippen LogP contribution in [0.2, 0.25) is 0 Å². The molecule has 20 nitrogen and oxygen atoms in total. The first-order valence-electron chi connectivity index (χ1n) is 18.5. The van der Waals surface area contributed by atoms with E-state index in [0.29, 0.717) is 25.7 Å². The van der Waals surface area contributed by atoms with Crippen LogP contribution in [0.5, 0.6) is 0 Å². The van der Waals surface area contributed by atoms with E-state index in [0.717, 1.165) is 0 Å². The molecule has 4 aliphatic heterocycles. The molecule has 2 aliphatic carbocycles. The minimum absolute atomic E-state index is 0.0668. The van der Waals surface area contributed by atoms with Crippen LogP contribution in [-0.4, -0.2) is 215 Å². The van der Waals surface area contributed by atoms with E-state index in [-0.39, 0.29) is 25.2 Å². The first-order chi connectivity index (χ1) is 25.2. The molecule has 308 valence electrons. The summed E-state index contributed by atoms with van der Waals surface area (Å²) in [6.07, 6.45) is -25.6. The molecule has 0 aromatic carbocycles. The van der Waals surface area contributed by atoms with Crippen molar-refractivity contribution < 1.29 is 99.5 Å². The number of aliphatic hydroxyl groups is 13. The van der Waals surface area contributed by atoms with Gasteiger partial charge in [-0.2, -0.15) is 0 Å². The topological polar surface area (TPSA) is 328 Å². The number of fused-ring (bicyclic) bond motifs is 1. The van der Waals surface area contributed by atoms with E-state index in [1.165, 1.54) is 0 Å². The number of aliphatic hydroxyl groups excluding tert-OH is 13. The van der Waals surface area contributed by atoms with Gasteiger partial charge in [-0.3, -0.25) is 0 Å². The van der Waals surface area contributed by atoms with Crippen molar-refractivity contribution in [1.82, 2.24) is 0 Å². The summed E-state index contributed by atoms with van der Waals surface area (Å²) < 4.78 is 41.6. The van der Waals surface area contributed by atoms with Crippen LogP contribution in [0.25, 0.3) is 0 Å². The van der Waals surface area contributed by atoms with Crippen LogP contribution < -0.4 is 0 Å². The quantitative estimate of drug-likeness (QED) is 0.0982. The van der Waals surface area contributed by atoms with Crippen LogP contribution in [0.3, 0.4) is 0 Å². The minimum Gasteiger partial charge on any atom is -0.394 e. The summed E-state index contributed by atoms with van der Waals surface area (Å²) in [5.74, 6) is -0.655. The summed E-state index contributed by atoms with van der Waals surface area (Å²) in [5, 5.41) is 135. The Balaban J connectivity index is 1.19. The van der Waals surface area contributed by atoms with Gasteiger partial charge in [-0.25, -0.2) is 0 Å². The molecule has 0 spiro atoms. The average molecular weight is 773 g/mol. The molecule has 0 radical (unpaired) electrons. The van der Waals surface area contributed by atoms with Crippen molar-refractivity contribution in [2.45, 2.75) is 174 Å². The van der Waals surface area contributed by atoms with Gasteiger partial charge in [0.2, 0.25) is 0 Å². The molecule has 6 rings (SSSR count). The molecule has 6 fully saturated rings. The highest BCUT2D eigenvalue weighted by Crippen LogP contribution is 2.45. The fourth-order valence-electron chi connectivity index (χ4n) is 8.59. The van der Waals surface area contributed by atoms with Gasteiger partial charge < -0.3 is 99.5 Å². The van der Waals surface area contributed by atoms with Crippen molar-refractivity contribution in [3.05, 3.63) is 0 Å². The van der Waals surface area contributed by atoms with Crippen molar-refractivity contribution in [2.24, 2.45) is 11.8 Å². The average Bonchev–Trinajstić information content (AvgIpc) is 3.14. The molecule has 0 amide bonds. The Labute approximate surface area is 305 Å². The van der Waals surface area contributed by atoms with Crippen molar-refractivity contribution in [1.29, 1.82) is 0 Å². The zero-order valence-electron chi connectivity index (χ0n) is 29.0. The lowest BCUT2D eigenvalue weighted by Gasteiger charge is -2.52. The van der Waals surface area contributed by atoms with E-state index < -0.39 is 154 Å². The molecule has 0 aromatic rings. The van der Waals surface area contributed by atoms with Crippen molar-refractivity contribution in [3.63, 3.8) is 0 Å². The number of hydrogen-bond acceptors (Lipinski definition) is 20. The van der Waals surface area contributed by atoms with Crippen molar-refractivity contribution in [3.8, 4) is 0 Å². The lowest BCUT2D eigenvalue weighted by molar-refractivity contribution is -0.352. The highest BCUT2D eigenvalue weighted by atomic mass is 16.7. The van der Waals surface area contributed by atoms with Gasteiger partial charge in [-0.1, -0.05) is 0 Å². The Morgan fingerprint density at radius 3 is 1.51 bits per heavy atom. The highest BCUT2D eigenvalue weighted by Gasteiger charge is 2.54. The molecular formula is C33H56O20. The second kappa shape index (κ2) is 17.8. The zero-order valence-corrected chi connectivity index (χ0v) is 29.0. The van der Waals surface area contributed by atoms with Crippen molar-refractivity contribution >= 4 is 0 Å². The van der Waals surface area contributed by atoms with Crippen LogP contribution in [0.1, 0.15) is 44.9 Å². The molecule has 0 bridgehead atoms. The summed E-state index contributed by atoms with van der Waals surface area (Å²) >= 11 is 0. The van der Waals surface area contributed by atoms with Gasteiger partial charge in [0, 0.05) is 12.3 Å². The van der Waals surface area contributed by atoms with E-state index in [2.05, 4.69) is 0 Å². The largest absolute Gasteiger partial charge is 0.394 e. The Bertz CT molecular complexity index is 1140. The molecule has 6 unspecified atom stereocenters. The number of ether oxygens (including phenoxy) is 7. The van der Waals surface area contributed by atoms with E-state index in [4.69, 9.17) is 33.2 Å². The summed E-state index contributed by atoms with van der Waals surface area (Å²) in [6, 6.07) is 0. The lowest BCUT2D eigenvalue weighted by atomic mass is 9.73. The number of rotatable bonds is 10. The Morgan fingerprint density at radius 2 is 0.943 bits per heavy atom. The van der Waals surface area contributed by atoms with Gasteiger partial charge in [0.25, 0.3) is 0 Å². The Hall–Kier alpha value is -0.800. The molecule has 2 saturated carbocycles. The number of hydrogen-bond donors (Lipinski definition) is 13. The van der Waals surface area contributed by atoms with Gasteiger partial charge in [-0.15, -0.1) is 0 Å². The molecule has 20 heteroatoms. The first kappa shape index (κ1) is 41.8. The predicted molar refractivity (Wildman–Crippen MR) is 170 cm³/mol. The van der Waals surface area contributed by atoms with Crippen LogP contribution >= 0.6 is 0 Å². The molecule has 6 aliphatic rings. The van der Waals surface area contributed by atoms with E-state index in [1.54, 1.807) is 0 Å². The highest BCUT2D eigenvalue weighted by molar-refractivity contribution is 5.00. The SMILES string of the molecule is OC[C@@H]1O[C@H](OC[C@@H]2O[C@H](OC3CC4C(CC(O)CC4O[C@H]4O[C@@H](CO)[C@H](O)[C@@H](O)[C@@H]4O)OC3C3CCC(O)CC3)[C@@H](O)[C@H](O)[C@H]2O)[C@@H](O)[C@H](O)[C@H]1O. The van der Waals surface area contributed by atoms with E-state index >= 15 is 0 Å². The first-order valence-corrected chi connectivity index (χ1v) is 18.5. The maximum Gasteiger partial charge on any atom is 0.187 e. The maximum atomic E-state index is 11.0. The predicted octanol–water partition coefficient (Wildman–Crippen LogP) is -6.34. The van der Waals surface area contributed by atoms with Crippen molar-refractivity contribution in [2.75, 3.05) is 19.8 Å². The third kappa shape index (κ3) is 8.87. The Kier molecular flexibility index (Phi) is 14.0. The van der Waals surface area contributed by atoms with Crippen LogP contribution in [0.4, 0.5) is 0 Å². The lowest BCUT2D eigenvalue weighted by Crippen LogP contribution is -2.63. The minimum atomic E-state index is -1.80. The van der Waals surface area contributed by atoms with Gasteiger partial charge in [0.1, 0.15) is 73.2 Å². The van der Waals surface area contributed by atoms with Crippen LogP contribution in [-0.2, 0) is 33.2 Å². The maximum absolute atomic E-state index is 11.0. The molecular weight excluding hydrogens is 716 g/mol. The summed E-state index contributed by atoms with van der Waals surface area (Å²) in [5.41, 5.74) is 0. The van der Waals surface area contributed by atoms with Crippen LogP contribution in [0, 0.1) is 11.8 Å². The molecule has 4 heterocycles. The second-order valence-electron chi connectivity index (χ2n) is 15.3. The third-order valence-electron chi connectivity index (χ3n) is 11.8. The molecule has 4 saturated heterocycles. The zero-order chi connectivity index (χ0) is 38.3. The molecule has 13 N–H and O–H groups in total. The van der Waals surface area contributed by atoms with E-state index in [1.807, 2.05) is 0 Å². The summed E-state index contributed by atoms with van der Waals surface area (Å²) in [4.78, 5) is 0.